The Morgan fingerprint density at radius 2 is 1.74 bits per heavy atom. The SMILES string of the molecule is COC(=O)COC(=O)COc1ccc(NC(=O)OCCO)cc1. The number of benzene rings is 1. The highest BCUT2D eigenvalue weighted by atomic mass is 16.6. The van der Waals surface area contributed by atoms with E-state index in [2.05, 4.69) is 19.5 Å². The molecule has 0 saturated carbocycles. The van der Waals surface area contributed by atoms with E-state index in [1.165, 1.54) is 31.4 Å². The second kappa shape index (κ2) is 10.0. The van der Waals surface area contributed by atoms with Crippen molar-refractivity contribution in [3.8, 4) is 5.75 Å². The Labute approximate surface area is 132 Å². The van der Waals surface area contributed by atoms with Crippen molar-refractivity contribution in [3.63, 3.8) is 0 Å². The van der Waals surface area contributed by atoms with Crippen LogP contribution in [0.15, 0.2) is 24.3 Å². The lowest BCUT2D eigenvalue weighted by atomic mass is 10.3. The zero-order valence-electron chi connectivity index (χ0n) is 12.4. The summed E-state index contributed by atoms with van der Waals surface area (Å²) in [6.45, 7) is -1.20. The molecular weight excluding hydrogens is 310 g/mol. The third-order valence-electron chi connectivity index (χ3n) is 2.36. The maximum absolute atomic E-state index is 11.3. The van der Waals surface area contributed by atoms with E-state index in [4.69, 9.17) is 9.84 Å². The molecule has 0 aliphatic rings. The number of carbonyl (C=O) groups excluding carboxylic acids is 3. The van der Waals surface area contributed by atoms with E-state index in [9.17, 15) is 14.4 Å². The van der Waals surface area contributed by atoms with Crippen LogP contribution < -0.4 is 10.1 Å². The molecule has 23 heavy (non-hydrogen) atoms. The molecule has 0 aromatic heterocycles. The van der Waals surface area contributed by atoms with Crippen molar-refractivity contribution in [2.24, 2.45) is 0 Å². The third kappa shape index (κ3) is 7.67. The van der Waals surface area contributed by atoms with Gasteiger partial charge in [0.1, 0.15) is 12.4 Å². The molecule has 9 nitrogen and oxygen atoms in total. The van der Waals surface area contributed by atoms with Gasteiger partial charge in [0.05, 0.1) is 13.7 Å². The molecule has 1 aromatic rings. The number of hydrogen-bond donors (Lipinski definition) is 2. The number of esters is 2. The predicted octanol–water partition coefficient (Wildman–Crippen LogP) is 0.322. The van der Waals surface area contributed by atoms with Gasteiger partial charge < -0.3 is 24.1 Å². The Kier molecular flexibility index (Phi) is 7.94. The number of anilines is 1. The standard InChI is InChI=1S/C14H17NO8/c1-20-12(17)8-23-13(18)9-22-11-4-2-10(3-5-11)15-14(19)21-7-6-16/h2-5,16H,6-9H2,1H3,(H,15,19). The number of amides is 1. The van der Waals surface area contributed by atoms with Crippen LogP contribution in [0.1, 0.15) is 0 Å². The second-order valence-corrected chi connectivity index (χ2v) is 4.03. The molecule has 0 heterocycles. The van der Waals surface area contributed by atoms with Crippen molar-refractivity contribution in [2.45, 2.75) is 0 Å². The van der Waals surface area contributed by atoms with Crippen LogP contribution in [0.2, 0.25) is 0 Å². The van der Waals surface area contributed by atoms with E-state index in [1.807, 2.05) is 0 Å². The Bertz CT molecular complexity index is 528. The molecule has 0 unspecified atom stereocenters. The van der Waals surface area contributed by atoms with Crippen molar-refractivity contribution in [3.05, 3.63) is 24.3 Å². The van der Waals surface area contributed by atoms with Gasteiger partial charge in [0, 0.05) is 5.69 Å². The first-order chi connectivity index (χ1) is 11.0. The van der Waals surface area contributed by atoms with E-state index in [0.29, 0.717) is 11.4 Å². The number of carbonyl (C=O) groups is 3. The summed E-state index contributed by atoms with van der Waals surface area (Å²) < 4.78 is 18.7. The average molecular weight is 327 g/mol. The Hall–Kier alpha value is -2.81. The summed E-state index contributed by atoms with van der Waals surface area (Å²) in [5, 5.41) is 11.0. The smallest absolute Gasteiger partial charge is 0.411 e. The van der Waals surface area contributed by atoms with Crippen LogP contribution >= 0.6 is 0 Å². The fourth-order valence-corrected chi connectivity index (χ4v) is 1.31. The van der Waals surface area contributed by atoms with Gasteiger partial charge in [-0.15, -0.1) is 0 Å². The first-order valence-electron chi connectivity index (χ1n) is 6.55. The largest absolute Gasteiger partial charge is 0.482 e. The summed E-state index contributed by atoms with van der Waals surface area (Å²) in [6.07, 6.45) is -0.695. The average Bonchev–Trinajstić information content (AvgIpc) is 2.57. The number of nitrogens with one attached hydrogen (secondary N) is 1. The minimum absolute atomic E-state index is 0.0965. The molecule has 0 aliphatic carbocycles. The molecule has 1 aromatic carbocycles. The molecule has 126 valence electrons. The summed E-state index contributed by atoms with van der Waals surface area (Å²) in [4.78, 5) is 33.3. The van der Waals surface area contributed by atoms with Crippen LogP contribution in [0, 0.1) is 0 Å². The molecule has 0 spiro atoms. The van der Waals surface area contributed by atoms with Crippen molar-refractivity contribution in [1.82, 2.24) is 0 Å². The van der Waals surface area contributed by atoms with Crippen molar-refractivity contribution < 1.29 is 38.4 Å². The van der Waals surface area contributed by atoms with E-state index >= 15 is 0 Å². The second-order valence-electron chi connectivity index (χ2n) is 4.03. The topological polar surface area (TPSA) is 120 Å². The summed E-state index contributed by atoms with van der Waals surface area (Å²) in [7, 11) is 1.18. The van der Waals surface area contributed by atoms with E-state index in [1.54, 1.807) is 0 Å². The van der Waals surface area contributed by atoms with Gasteiger partial charge in [-0.05, 0) is 24.3 Å². The summed E-state index contributed by atoms with van der Waals surface area (Å²) in [5.41, 5.74) is 0.452. The van der Waals surface area contributed by atoms with Gasteiger partial charge in [-0.25, -0.2) is 14.4 Å². The molecule has 1 rings (SSSR count). The van der Waals surface area contributed by atoms with Crippen LogP contribution in [0.3, 0.4) is 0 Å². The van der Waals surface area contributed by atoms with Gasteiger partial charge in [-0.3, -0.25) is 5.32 Å². The highest BCUT2D eigenvalue weighted by Gasteiger charge is 2.08. The van der Waals surface area contributed by atoms with Crippen molar-refractivity contribution >= 4 is 23.7 Å². The molecule has 0 radical (unpaired) electrons. The summed E-state index contributed by atoms with van der Waals surface area (Å²) in [6, 6.07) is 6.12. The highest BCUT2D eigenvalue weighted by Crippen LogP contribution is 2.15. The monoisotopic (exact) mass is 327 g/mol. The van der Waals surface area contributed by atoms with E-state index in [-0.39, 0.29) is 19.8 Å². The van der Waals surface area contributed by atoms with Gasteiger partial charge in [-0.1, -0.05) is 0 Å². The lowest BCUT2D eigenvalue weighted by Gasteiger charge is -2.08. The fourth-order valence-electron chi connectivity index (χ4n) is 1.31. The Morgan fingerprint density at radius 1 is 1.04 bits per heavy atom. The molecule has 0 fully saturated rings. The first-order valence-corrected chi connectivity index (χ1v) is 6.55. The maximum atomic E-state index is 11.3. The molecular formula is C14H17NO8. The van der Waals surface area contributed by atoms with E-state index in [0.717, 1.165) is 0 Å². The third-order valence-corrected chi connectivity index (χ3v) is 2.36. The molecule has 0 atom stereocenters. The summed E-state index contributed by atoms with van der Waals surface area (Å²) in [5.74, 6) is -1.01. The van der Waals surface area contributed by atoms with Gasteiger partial charge in [-0.2, -0.15) is 0 Å². The molecule has 0 saturated heterocycles. The summed E-state index contributed by atoms with van der Waals surface area (Å²) >= 11 is 0. The van der Waals surface area contributed by atoms with Gasteiger partial charge in [0.25, 0.3) is 0 Å². The highest BCUT2D eigenvalue weighted by molar-refractivity contribution is 5.84. The zero-order chi connectivity index (χ0) is 17.1. The molecule has 1 amide bonds. The molecule has 2 N–H and O–H groups in total. The lowest BCUT2D eigenvalue weighted by molar-refractivity contribution is -0.158. The van der Waals surface area contributed by atoms with Gasteiger partial charge >= 0.3 is 18.0 Å². The molecule has 0 bridgehead atoms. The van der Waals surface area contributed by atoms with Crippen molar-refractivity contribution in [2.75, 3.05) is 38.9 Å². The number of hydrogen-bond acceptors (Lipinski definition) is 8. The number of ether oxygens (including phenoxy) is 4. The van der Waals surface area contributed by atoms with Crippen LogP contribution in [0.5, 0.6) is 5.75 Å². The van der Waals surface area contributed by atoms with Gasteiger partial charge in [0.15, 0.2) is 13.2 Å². The van der Waals surface area contributed by atoms with Crippen molar-refractivity contribution in [1.29, 1.82) is 0 Å². The van der Waals surface area contributed by atoms with E-state index < -0.39 is 24.6 Å². The number of methoxy groups -OCH3 is 1. The first kappa shape index (κ1) is 18.2. The predicted molar refractivity (Wildman–Crippen MR) is 77.0 cm³/mol. The number of aliphatic hydroxyl groups excluding tert-OH is 1. The normalized spacial score (nSPS) is 9.65. The minimum Gasteiger partial charge on any atom is -0.482 e. The zero-order valence-corrected chi connectivity index (χ0v) is 12.4. The van der Waals surface area contributed by atoms with Crippen LogP contribution in [0.4, 0.5) is 10.5 Å². The van der Waals surface area contributed by atoms with Crippen LogP contribution in [0.25, 0.3) is 0 Å². The quantitative estimate of drug-likeness (QED) is 0.517. The van der Waals surface area contributed by atoms with Crippen LogP contribution in [-0.2, 0) is 23.8 Å². The van der Waals surface area contributed by atoms with Gasteiger partial charge in [0.2, 0.25) is 0 Å². The Balaban J connectivity index is 2.35. The lowest BCUT2D eigenvalue weighted by Crippen LogP contribution is -2.20. The molecule has 0 aliphatic heterocycles. The van der Waals surface area contributed by atoms with Crippen LogP contribution in [-0.4, -0.2) is 56.7 Å². The number of aliphatic hydroxyl groups is 1. The molecule has 9 heteroatoms. The fraction of sp³-hybridized carbons (Fsp3) is 0.357. The maximum Gasteiger partial charge on any atom is 0.411 e. The Morgan fingerprint density at radius 3 is 2.35 bits per heavy atom. The minimum atomic E-state index is -0.717. The number of rotatable bonds is 8.